The summed E-state index contributed by atoms with van der Waals surface area (Å²) in [6.07, 6.45) is 7.05. The number of aliphatic imine (C=N–C) groups is 2. The van der Waals surface area contributed by atoms with E-state index in [4.69, 9.17) is 19.8 Å². The Hall–Kier alpha value is -3.17. The SMILES string of the molecule is CC(=O)[O-].CC(=O)[O-].CCc1cc(C(C)CC)cc(C=NCN=Cc2cc(C(C)CC)cc(CC)c2O)c1O.[Co+2]. The van der Waals surface area contributed by atoms with Crippen LogP contribution < -0.4 is 10.2 Å². The Kier molecular flexibility index (Phi) is 20.2. The zero-order valence-electron chi connectivity index (χ0n) is 24.9. The van der Waals surface area contributed by atoms with E-state index < -0.39 is 11.9 Å². The van der Waals surface area contributed by atoms with E-state index >= 15 is 0 Å². The Bertz CT molecular complexity index is 1040. The predicted molar refractivity (Wildman–Crippen MR) is 154 cm³/mol. The molecule has 2 atom stereocenters. The second-order valence-corrected chi connectivity index (χ2v) is 9.31. The van der Waals surface area contributed by atoms with Crippen LogP contribution in [0.15, 0.2) is 34.3 Å². The predicted octanol–water partition coefficient (Wildman–Crippen LogP) is 4.26. The summed E-state index contributed by atoms with van der Waals surface area (Å²) >= 11 is 0. The Morgan fingerprint density at radius 1 is 0.750 bits per heavy atom. The van der Waals surface area contributed by atoms with E-state index in [-0.39, 0.29) is 23.4 Å². The van der Waals surface area contributed by atoms with Gasteiger partial charge < -0.3 is 30.0 Å². The van der Waals surface area contributed by atoms with Crippen molar-refractivity contribution in [3.8, 4) is 11.5 Å². The molecule has 0 bridgehead atoms. The van der Waals surface area contributed by atoms with Crippen LogP contribution in [0, 0.1) is 0 Å². The summed E-state index contributed by atoms with van der Waals surface area (Å²) in [6.45, 7) is 15.0. The first-order valence-electron chi connectivity index (χ1n) is 13.4. The number of rotatable bonds is 10. The number of phenols is 2. The monoisotopic (exact) mass is 599 g/mol. The van der Waals surface area contributed by atoms with Crippen LogP contribution in [-0.2, 0) is 39.2 Å². The van der Waals surface area contributed by atoms with Crippen molar-refractivity contribution >= 4 is 24.4 Å². The number of nitrogens with zero attached hydrogens (tertiary/aromatic N) is 2. The van der Waals surface area contributed by atoms with Crippen molar-refractivity contribution in [2.75, 3.05) is 6.67 Å². The molecule has 0 aliphatic rings. The van der Waals surface area contributed by atoms with Gasteiger partial charge in [0.25, 0.3) is 0 Å². The van der Waals surface area contributed by atoms with Gasteiger partial charge in [0.05, 0.1) is 0 Å². The van der Waals surface area contributed by atoms with E-state index in [1.807, 2.05) is 26.0 Å². The molecule has 40 heavy (non-hydrogen) atoms. The molecule has 2 unspecified atom stereocenters. The molecule has 0 aliphatic heterocycles. The minimum atomic E-state index is -1.08. The zero-order valence-corrected chi connectivity index (χ0v) is 26.0. The summed E-state index contributed by atoms with van der Waals surface area (Å²) in [4.78, 5) is 26.6. The van der Waals surface area contributed by atoms with Gasteiger partial charge in [-0.3, -0.25) is 9.98 Å². The zero-order chi connectivity index (χ0) is 30.1. The largest absolute Gasteiger partial charge is 2.00 e. The van der Waals surface area contributed by atoms with E-state index in [0.29, 0.717) is 23.3 Å². The molecule has 0 saturated carbocycles. The van der Waals surface area contributed by atoms with Crippen LogP contribution >= 0.6 is 0 Å². The number of aryl methyl sites for hydroxylation is 2. The average molecular weight is 600 g/mol. The van der Waals surface area contributed by atoms with Gasteiger partial charge in [-0.15, -0.1) is 0 Å². The topological polar surface area (TPSA) is 145 Å². The number of carboxylic acids is 2. The maximum Gasteiger partial charge on any atom is 2.00 e. The Labute approximate surface area is 249 Å². The minimum absolute atomic E-state index is 0. The van der Waals surface area contributed by atoms with Gasteiger partial charge >= 0.3 is 16.8 Å². The van der Waals surface area contributed by atoms with Crippen molar-refractivity contribution < 1.29 is 46.8 Å². The van der Waals surface area contributed by atoms with Gasteiger partial charge in [0.1, 0.15) is 18.2 Å². The van der Waals surface area contributed by atoms with Crippen molar-refractivity contribution in [3.05, 3.63) is 57.6 Å². The van der Waals surface area contributed by atoms with Crippen LogP contribution in [-0.4, -0.2) is 41.2 Å². The maximum absolute atomic E-state index is 10.5. The van der Waals surface area contributed by atoms with Crippen molar-refractivity contribution in [1.29, 1.82) is 0 Å². The maximum atomic E-state index is 10.5. The van der Waals surface area contributed by atoms with Crippen LogP contribution in [0.3, 0.4) is 0 Å². The fourth-order valence-electron chi connectivity index (χ4n) is 3.59. The third-order valence-corrected chi connectivity index (χ3v) is 6.23. The molecule has 0 spiro atoms. The molecule has 0 aliphatic carbocycles. The molecular formula is C31H44CoN2O6. The van der Waals surface area contributed by atoms with Crippen molar-refractivity contribution in [3.63, 3.8) is 0 Å². The van der Waals surface area contributed by atoms with Gasteiger partial charge in [-0.25, -0.2) is 0 Å². The smallest absolute Gasteiger partial charge is 0.550 e. The second kappa shape index (κ2) is 20.7. The average Bonchev–Trinajstić information content (AvgIpc) is 2.88. The van der Waals surface area contributed by atoms with Gasteiger partial charge in [0, 0.05) is 35.5 Å². The van der Waals surface area contributed by atoms with Gasteiger partial charge in [-0.2, -0.15) is 0 Å². The summed E-state index contributed by atoms with van der Waals surface area (Å²) in [5.41, 5.74) is 5.81. The van der Waals surface area contributed by atoms with E-state index in [0.717, 1.165) is 61.8 Å². The molecule has 0 saturated heterocycles. The van der Waals surface area contributed by atoms with E-state index in [1.165, 1.54) is 11.1 Å². The third kappa shape index (κ3) is 14.3. The van der Waals surface area contributed by atoms with Crippen LogP contribution in [0.25, 0.3) is 0 Å². The number of aliphatic carboxylic acids is 2. The molecule has 2 aromatic carbocycles. The third-order valence-electron chi connectivity index (χ3n) is 6.23. The molecule has 2 rings (SSSR count). The second-order valence-electron chi connectivity index (χ2n) is 9.31. The molecule has 2 aromatic rings. The molecule has 0 heterocycles. The van der Waals surface area contributed by atoms with Gasteiger partial charge in [-0.05, 0) is 85.8 Å². The number of aromatic hydroxyl groups is 2. The first kappa shape index (κ1) is 39.0. The molecule has 2 N–H and O–H groups in total. The molecule has 0 fully saturated rings. The molecule has 8 nitrogen and oxygen atoms in total. The molecule has 1 radical (unpaired) electrons. The van der Waals surface area contributed by atoms with E-state index in [2.05, 4.69) is 49.8 Å². The Morgan fingerprint density at radius 2 is 1.05 bits per heavy atom. The number of carboxylic acid groups (broad SMARTS) is 2. The summed E-state index contributed by atoms with van der Waals surface area (Å²) in [6, 6.07) is 8.23. The van der Waals surface area contributed by atoms with Gasteiger partial charge in [-0.1, -0.05) is 53.7 Å². The molecule has 0 aromatic heterocycles. The fourth-order valence-corrected chi connectivity index (χ4v) is 3.59. The molecule has 9 heteroatoms. The first-order valence-corrected chi connectivity index (χ1v) is 13.4. The summed E-state index contributed by atoms with van der Waals surface area (Å²) < 4.78 is 0. The summed E-state index contributed by atoms with van der Waals surface area (Å²) in [5, 5.41) is 38.9. The fraction of sp³-hybridized carbons (Fsp3) is 0.484. The Balaban J connectivity index is 0. The number of benzene rings is 2. The van der Waals surface area contributed by atoms with Crippen LogP contribution in [0.4, 0.5) is 0 Å². The van der Waals surface area contributed by atoms with Crippen LogP contribution in [0.1, 0.15) is 113 Å². The Morgan fingerprint density at radius 3 is 1.30 bits per heavy atom. The number of phenolic OH excluding ortho intramolecular Hbond substituents is 2. The number of hydrogen-bond acceptors (Lipinski definition) is 8. The number of hydrogen-bond donors (Lipinski definition) is 2. The standard InChI is InChI=1S/C27H38N2O2.2C2H4O2.Co/c1-7-18(5)22-11-20(9-3)26(30)24(13-22)15-28-17-29-16-25-14-23(19(6)8-2)12-21(10-4)27(25)31;2*1-2(3)4;/h11-16,18-19,30-31H,7-10,17H2,1-6H3;2*1H3,(H,3,4);/q;;;+2/p-2. The first-order chi connectivity index (χ1) is 18.3. The van der Waals surface area contributed by atoms with Gasteiger partial charge in [0.2, 0.25) is 0 Å². The van der Waals surface area contributed by atoms with Crippen molar-refractivity contribution in [2.45, 2.75) is 92.9 Å². The van der Waals surface area contributed by atoms with Gasteiger partial charge in [0.15, 0.2) is 0 Å². The summed E-state index contributed by atoms with van der Waals surface area (Å²) in [5.74, 6) is -0.697. The van der Waals surface area contributed by atoms with Crippen LogP contribution in [0.2, 0.25) is 0 Å². The van der Waals surface area contributed by atoms with Crippen LogP contribution in [0.5, 0.6) is 11.5 Å². The van der Waals surface area contributed by atoms with E-state index in [9.17, 15) is 10.2 Å². The normalized spacial score (nSPS) is 12.0. The minimum Gasteiger partial charge on any atom is -0.550 e. The molecular weight excluding hydrogens is 555 g/mol. The quantitative estimate of drug-likeness (QED) is 0.391. The molecule has 223 valence electrons. The summed E-state index contributed by atoms with van der Waals surface area (Å²) in [7, 11) is 0. The van der Waals surface area contributed by atoms with Crippen molar-refractivity contribution in [2.24, 2.45) is 9.98 Å². The number of carbonyl (C=O) groups excluding carboxylic acids is 2. The van der Waals surface area contributed by atoms with E-state index in [1.54, 1.807) is 12.4 Å². The van der Waals surface area contributed by atoms with Crippen molar-refractivity contribution in [1.82, 2.24) is 0 Å². The molecule has 0 amide bonds. The number of carbonyl (C=O) groups is 2.